The number of anilines is 3. The third-order valence-corrected chi connectivity index (χ3v) is 7.97. The summed E-state index contributed by atoms with van der Waals surface area (Å²) in [5.74, 6) is 4.88. The van der Waals surface area contributed by atoms with E-state index < -0.39 is 22.4 Å². The van der Waals surface area contributed by atoms with Gasteiger partial charge >= 0.3 is 6.09 Å². The number of hydrogen-bond donors (Lipinski definition) is 2. The molecule has 3 N–H and O–H groups in total. The number of primary amides is 1. The number of fused-ring (bicyclic) bond motifs is 1. The zero-order valence-corrected chi connectivity index (χ0v) is 19.5. The molecule has 12 heteroatoms. The standard InChI is InChI=1S/C22H26N8O3S/c1-2-15-12-24-20(25-13-15)29-7-9-30(10-8-29)21-26-16-4-11-34(32)17(16)18(27-21)28-22(5-3-6-22)14-33-19(23)31/h1,12-13H,3-11,14H2,(H2,23,31)(H,26,27,28). The molecule has 2 aromatic heterocycles. The van der Waals surface area contributed by atoms with Crippen LogP contribution in [0, 0.1) is 12.3 Å². The van der Waals surface area contributed by atoms with Crippen LogP contribution < -0.4 is 20.9 Å². The lowest BCUT2D eigenvalue weighted by atomic mass is 9.77. The number of nitrogens with zero attached hydrogens (tertiary/aromatic N) is 6. The third-order valence-electron chi connectivity index (χ3n) is 6.51. The van der Waals surface area contributed by atoms with E-state index in [-0.39, 0.29) is 6.61 Å². The summed E-state index contributed by atoms with van der Waals surface area (Å²) in [4.78, 5) is 34.3. The lowest BCUT2D eigenvalue weighted by molar-refractivity contribution is 0.101. The van der Waals surface area contributed by atoms with Crippen molar-refractivity contribution in [2.75, 3.05) is 53.7 Å². The highest BCUT2D eigenvalue weighted by atomic mass is 32.2. The minimum atomic E-state index is -1.16. The second-order valence-corrected chi connectivity index (χ2v) is 10.2. The Morgan fingerprint density at radius 1 is 1.18 bits per heavy atom. The van der Waals surface area contributed by atoms with E-state index in [1.807, 2.05) is 0 Å². The fourth-order valence-electron chi connectivity index (χ4n) is 4.45. The average molecular weight is 483 g/mol. The van der Waals surface area contributed by atoms with Crippen LogP contribution in [0.25, 0.3) is 0 Å². The minimum absolute atomic E-state index is 0.153. The van der Waals surface area contributed by atoms with Crippen molar-refractivity contribution in [3.8, 4) is 12.3 Å². The van der Waals surface area contributed by atoms with E-state index in [2.05, 4.69) is 31.0 Å². The van der Waals surface area contributed by atoms with Crippen LogP contribution in [0.2, 0.25) is 0 Å². The molecule has 1 amide bonds. The lowest BCUT2D eigenvalue weighted by Crippen LogP contribution is -2.50. The van der Waals surface area contributed by atoms with Crippen molar-refractivity contribution in [1.82, 2.24) is 19.9 Å². The summed E-state index contributed by atoms with van der Waals surface area (Å²) < 4.78 is 17.8. The summed E-state index contributed by atoms with van der Waals surface area (Å²) in [6.07, 6.45) is 11.2. The number of terminal acetylenes is 1. The summed E-state index contributed by atoms with van der Waals surface area (Å²) in [5, 5.41) is 3.45. The molecule has 1 unspecified atom stereocenters. The lowest BCUT2D eigenvalue weighted by Gasteiger charge is -2.42. The van der Waals surface area contributed by atoms with Gasteiger partial charge in [0, 0.05) is 50.7 Å². The molecular weight excluding hydrogens is 456 g/mol. The van der Waals surface area contributed by atoms with Crippen LogP contribution in [0.1, 0.15) is 30.5 Å². The molecule has 2 fully saturated rings. The Kier molecular flexibility index (Phi) is 5.95. The molecule has 11 nitrogen and oxygen atoms in total. The predicted molar refractivity (Wildman–Crippen MR) is 127 cm³/mol. The highest BCUT2D eigenvalue weighted by Crippen LogP contribution is 2.39. The number of aryl methyl sites for hydroxylation is 1. The van der Waals surface area contributed by atoms with Gasteiger partial charge in [-0.15, -0.1) is 6.42 Å². The number of amides is 1. The molecule has 1 atom stereocenters. The zero-order chi connectivity index (χ0) is 23.7. The van der Waals surface area contributed by atoms with Crippen LogP contribution in [0.15, 0.2) is 17.3 Å². The Balaban J connectivity index is 1.34. The number of carbonyl (C=O) groups is 1. The van der Waals surface area contributed by atoms with Crippen molar-refractivity contribution in [1.29, 1.82) is 0 Å². The fourth-order valence-corrected chi connectivity index (χ4v) is 5.75. The van der Waals surface area contributed by atoms with Crippen LogP contribution >= 0.6 is 0 Å². The van der Waals surface area contributed by atoms with Gasteiger partial charge in [0.25, 0.3) is 0 Å². The summed E-state index contributed by atoms with van der Waals surface area (Å²) in [6, 6.07) is 0. The van der Waals surface area contributed by atoms with Gasteiger partial charge in [-0.05, 0) is 19.3 Å². The largest absolute Gasteiger partial charge is 0.447 e. The maximum atomic E-state index is 12.7. The van der Waals surface area contributed by atoms with Gasteiger partial charge in [-0.3, -0.25) is 4.21 Å². The highest BCUT2D eigenvalue weighted by Gasteiger charge is 2.41. The normalized spacial score (nSPS) is 20.7. The molecule has 2 aromatic rings. The average Bonchev–Trinajstić information content (AvgIpc) is 3.21. The first kappa shape index (κ1) is 22.3. The van der Waals surface area contributed by atoms with E-state index >= 15 is 0 Å². The number of hydrogen-bond acceptors (Lipinski definition) is 10. The summed E-state index contributed by atoms with van der Waals surface area (Å²) in [5.41, 5.74) is 6.20. The van der Waals surface area contributed by atoms with Crippen molar-refractivity contribution in [3.63, 3.8) is 0 Å². The second-order valence-electron chi connectivity index (χ2n) is 8.70. The third kappa shape index (κ3) is 4.35. The van der Waals surface area contributed by atoms with Crippen LogP contribution in [0.4, 0.5) is 22.5 Å². The quantitative estimate of drug-likeness (QED) is 0.565. The molecule has 1 saturated heterocycles. The molecule has 0 bridgehead atoms. The number of aromatic nitrogens is 4. The number of piperazine rings is 1. The maximum absolute atomic E-state index is 12.7. The first-order valence-corrected chi connectivity index (χ1v) is 12.6. The van der Waals surface area contributed by atoms with E-state index in [1.54, 1.807) is 12.4 Å². The van der Waals surface area contributed by atoms with E-state index in [0.29, 0.717) is 66.5 Å². The molecule has 0 aromatic carbocycles. The molecule has 3 aliphatic rings. The maximum Gasteiger partial charge on any atom is 0.404 e. The van der Waals surface area contributed by atoms with Crippen LogP contribution in [0.3, 0.4) is 0 Å². The van der Waals surface area contributed by atoms with Gasteiger partial charge in [-0.25, -0.2) is 19.7 Å². The zero-order valence-electron chi connectivity index (χ0n) is 18.7. The van der Waals surface area contributed by atoms with E-state index in [0.717, 1.165) is 25.0 Å². The minimum Gasteiger partial charge on any atom is -0.447 e. The smallest absolute Gasteiger partial charge is 0.404 e. The van der Waals surface area contributed by atoms with Gasteiger partial charge in [-0.1, -0.05) is 5.92 Å². The first-order chi connectivity index (χ1) is 16.5. The van der Waals surface area contributed by atoms with Crippen molar-refractivity contribution in [2.24, 2.45) is 5.73 Å². The topological polar surface area (TPSA) is 139 Å². The molecule has 5 rings (SSSR count). The Morgan fingerprint density at radius 3 is 2.44 bits per heavy atom. The van der Waals surface area contributed by atoms with E-state index in [9.17, 15) is 9.00 Å². The van der Waals surface area contributed by atoms with Crippen LogP contribution in [0.5, 0.6) is 0 Å². The van der Waals surface area contributed by atoms with Crippen molar-refractivity contribution < 1.29 is 13.7 Å². The molecule has 34 heavy (non-hydrogen) atoms. The summed E-state index contributed by atoms with van der Waals surface area (Å²) >= 11 is 0. The number of ether oxygens (including phenoxy) is 1. The van der Waals surface area contributed by atoms with E-state index in [1.165, 1.54) is 0 Å². The number of rotatable bonds is 6. The predicted octanol–water partition coefficient (Wildman–Crippen LogP) is 0.668. The van der Waals surface area contributed by atoms with Gasteiger partial charge < -0.3 is 25.6 Å². The molecular formula is C22H26N8O3S. The van der Waals surface area contributed by atoms with Crippen LogP contribution in [-0.2, 0) is 22.0 Å². The van der Waals surface area contributed by atoms with Gasteiger partial charge in [-0.2, -0.15) is 4.98 Å². The van der Waals surface area contributed by atoms with E-state index in [4.69, 9.17) is 26.9 Å². The fraction of sp³-hybridized carbons (Fsp3) is 0.500. The van der Waals surface area contributed by atoms with Crippen molar-refractivity contribution >= 4 is 34.6 Å². The molecule has 4 heterocycles. The van der Waals surface area contributed by atoms with Gasteiger partial charge in [0.05, 0.1) is 27.6 Å². The number of nitrogens with one attached hydrogen (secondary N) is 1. The second kappa shape index (κ2) is 9.06. The molecule has 2 aliphatic heterocycles. The van der Waals surface area contributed by atoms with Gasteiger partial charge in [0.2, 0.25) is 11.9 Å². The summed E-state index contributed by atoms with van der Waals surface area (Å²) in [7, 11) is -1.16. The van der Waals surface area contributed by atoms with Gasteiger partial charge in [0.15, 0.2) is 0 Å². The molecule has 0 radical (unpaired) electrons. The van der Waals surface area contributed by atoms with Crippen LogP contribution in [-0.4, -0.2) is 74.3 Å². The summed E-state index contributed by atoms with van der Waals surface area (Å²) in [6.45, 7) is 2.96. The SMILES string of the molecule is C#Cc1cnc(N2CCN(c3nc4c(c(NC5(COC(N)=O)CCC5)n3)S(=O)CC4)CC2)nc1. The Labute approximate surface area is 200 Å². The monoisotopic (exact) mass is 482 g/mol. The van der Waals surface area contributed by atoms with Gasteiger partial charge in [0.1, 0.15) is 17.3 Å². The van der Waals surface area contributed by atoms with Crippen molar-refractivity contribution in [3.05, 3.63) is 23.7 Å². The first-order valence-electron chi connectivity index (χ1n) is 11.2. The molecule has 0 spiro atoms. The molecule has 178 valence electrons. The Bertz CT molecular complexity index is 1150. The Morgan fingerprint density at radius 2 is 1.85 bits per heavy atom. The number of carbonyl (C=O) groups excluding carboxylic acids is 1. The highest BCUT2D eigenvalue weighted by molar-refractivity contribution is 7.85. The van der Waals surface area contributed by atoms with Crippen molar-refractivity contribution in [2.45, 2.75) is 36.1 Å². The number of nitrogens with two attached hydrogens (primary N) is 1. The molecule has 1 saturated carbocycles. The Hall–Kier alpha value is -3.46. The molecule has 1 aliphatic carbocycles.